The van der Waals surface area contributed by atoms with Gasteiger partial charge in [-0.25, -0.2) is 0 Å². The van der Waals surface area contributed by atoms with Crippen molar-refractivity contribution in [3.05, 3.63) is 0 Å². The Hall–Kier alpha value is -0.530. The summed E-state index contributed by atoms with van der Waals surface area (Å²) in [4.78, 5) is 0. The molecule has 4 heteroatoms. The van der Waals surface area contributed by atoms with E-state index in [1.807, 2.05) is 0 Å². The number of rotatable bonds is 5. The molecule has 18 heavy (non-hydrogen) atoms. The minimum atomic E-state index is -3.42. The van der Waals surface area contributed by atoms with Crippen molar-refractivity contribution in [3.8, 4) is 11.8 Å². The number of hydrogen-bond donors (Lipinski definition) is 0. The fraction of sp³-hybridized carbons (Fsp3) is 0.857. The largest absolute Gasteiger partial charge is 0.265 e. The molecule has 0 aromatic rings. The molecule has 1 rings (SSSR count). The van der Waals surface area contributed by atoms with E-state index in [0.717, 1.165) is 51.2 Å². The highest BCUT2D eigenvalue weighted by Gasteiger charge is 2.25. The van der Waals surface area contributed by atoms with Gasteiger partial charge in [-0.15, -0.1) is 5.92 Å². The van der Waals surface area contributed by atoms with Crippen LogP contribution in [-0.4, -0.2) is 20.8 Å². The average Bonchev–Trinajstić information content (AvgIpc) is 2.33. The Labute approximate surface area is 111 Å². The quantitative estimate of drug-likeness (QED) is 0.439. The van der Waals surface area contributed by atoms with Gasteiger partial charge in [0.05, 0.1) is 6.26 Å². The Balaban J connectivity index is 2.63. The molecule has 0 amide bonds. The van der Waals surface area contributed by atoms with Crippen molar-refractivity contribution in [2.45, 2.75) is 64.4 Å². The third-order valence-corrected chi connectivity index (χ3v) is 3.81. The molecule has 0 spiro atoms. The molecule has 0 saturated heterocycles. The highest BCUT2D eigenvalue weighted by molar-refractivity contribution is 7.86. The zero-order chi connectivity index (χ0) is 13.4. The van der Waals surface area contributed by atoms with Gasteiger partial charge in [0.1, 0.15) is 6.10 Å². The first-order valence-electron chi connectivity index (χ1n) is 6.89. The summed E-state index contributed by atoms with van der Waals surface area (Å²) in [6, 6.07) is 0. The van der Waals surface area contributed by atoms with Crippen molar-refractivity contribution in [1.29, 1.82) is 0 Å². The lowest BCUT2D eigenvalue weighted by Crippen LogP contribution is -2.27. The Morgan fingerprint density at radius 3 is 2.50 bits per heavy atom. The topological polar surface area (TPSA) is 43.4 Å². The molecule has 0 radical (unpaired) electrons. The van der Waals surface area contributed by atoms with Gasteiger partial charge in [-0.1, -0.05) is 38.5 Å². The lowest BCUT2D eigenvalue weighted by atomic mass is 9.85. The molecule has 1 aliphatic carbocycles. The zero-order valence-electron chi connectivity index (χ0n) is 11.4. The molecule has 3 nitrogen and oxygen atoms in total. The first-order valence-corrected chi connectivity index (χ1v) is 8.71. The van der Waals surface area contributed by atoms with Crippen molar-refractivity contribution < 1.29 is 12.6 Å². The summed E-state index contributed by atoms with van der Waals surface area (Å²) in [6.45, 7) is 2.12. The normalized spacial score (nSPS) is 19.0. The second-order valence-electron chi connectivity index (χ2n) is 5.04. The molecule has 0 N–H and O–H groups in total. The molecule has 104 valence electrons. The van der Waals surface area contributed by atoms with Crippen LogP contribution in [0.2, 0.25) is 0 Å². The van der Waals surface area contributed by atoms with Gasteiger partial charge < -0.3 is 0 Å². The highest BCUT2D eigenvalue weighted by atomic mass is 32.2. The van der Waals surface area contributed by atoms with Gasteiger partial charge in [-0.05, 0) is 25.2 Å². The minimum Gasteiger partial charge on any atom is -0.254 e. The monoisotopic (exact) mass is 272 g/mol. The molecule has 0 aromatic carbocycles. The summed E-state index contributed by atoms with van der Waals surface area (Å²) in [5.74, 6) is 6.38. The van der Waals surface area contributed by atoms with E-state index in [4.69, 9.17) is 4.18 Å². The van der Waals surface area contributed by atoms with E-state index < -0.39 is 16.2 Å². The predicted octanol–water partition coefficient (Wildman–Crippen LogP) is 3.11. The van der Waals surface area contributed by atoms with Crippen LogP contribution in [0, 0.1) is 17.8 Å². The van der Waals surface area contributed by atoms with E-state index >= 15 is 0 Å². The van der Waals surface area contributed by atoms with E-state index in [1.54, 1.807) is 0 Å². The van der Waals surface area contributed by atoms with Gasteiger partial charge in [0.25, 0.3) is 10.1 Å². The van der Waals surface area contributed by atoms with E-state index in [0.29, 0.717) is 0 Å². The fourth-order valence-corrected chi connectivity index (χ4v) is 2.87. The maximum absolute atomic E-state index is 11.3. The van der Waals surface area contributed by atoms with E-state index in [1.165, 1.54) is 6.42 Å². The second kappa shape index (κ2) is 7.81. The first-order chi connectivity index (χ1) is 8.53. The Bertz CT molecular complexity index is 383. The summed E-state index contributed by atoms with van der Waals surface area (Å²) in [5, 5.41) is 0. The van der Waals surface area contributed by atoms with Gasteiger partial charge in [-0.3, -0.25) is 4.18 Å². The molecule has 1 fully saturated rings. The van der Waals surface area contributed by atoms with Crippen LogP contribution >= 0.6 is 0 Å². The summed E-state index contributed by atoms with van der Waals surface area (Å²) < 4.78 is 27.7. The standard InChI is InChI=1S/C14H24O3S/c1-3-4-5-9-12-14(17-18(2,15)16)13-10-7-6-8-11-13/h13-14H,3-8,10-11H2,1-2H3. The third kappa shape index (κ3) is 6.42. The van der Waals surface area contributed by atoms with Gasteiger partial charge in [-0.2, -0.15) is 8.42 Å². The van der Waals surface area contributed by atoms with Crippen molar-refractivity contribution in [2.24, 2.45) is 5.92 Å². The van der Waals surface area contributed by atoms with Crippen LogP contribution in [-0.2, 0) is 14.3 Å². The lowest BCUT2D eigenvalue weighted by Gasteiger charge is -2.25. The number of hydrogen-bond acceptors (Lipinski definition) is 3. The molecule has 1 atom stereocenters. The maximum Gasteiger partial charge on any atom is 0.265 e. The lowest BCUT2D eigenvalue weighted by molar-refractivity contribution is 0.161. The van der Waals surface area contributed by atoms with E-state index in [9.17, 15) is 8.42 Å². The molecule has 0 heterocycles. The molecule has 0 aliphatic heterocycles. The highest BCUT2D eigenvalue weighted by Crippen LogP contribution is 2.28. The molecular weight excluding hydrogens is 248 g/mol. The fourth-order valence-electron chi connectivity index (χ4n) is 2.28. The van der Waals surface area contributed by atoms with Crippen LogP contribution in [0.5, 0.6) is 0 Å². The average molecular weight is 272 g/mol. The summed E-state index contributed by atoms with van der Waals surface area (Å²) in [5.41, 5.74) is 0. The van der Waals surface area contributed by atoms with Gasteiger partial charge in [0.15, 0.2) is 0 Å². The van der Waals surface area contributed by atoms with Crippen molar-refractivity contribution in [3.63, 3.8) is 0 Å². The molecule has 0 bridgehead atoms. The summed E-state index contributed by atoms with van der Waals surface area (Å²) in [6.07, 6.45) is 9.28. The molecule has 0 aromatic heterocycles. The predicted molar refractivity (Wildman–Crippen MR) is 73.6 cm³/mol. The SMILES string of the molecule is CCCCC#CC(OS(C)(=O)=O)C1CCCCC1. The Morgan fingerprint density at radius 2 is 1.94 bits per heavy atom. The van der Waals surface area contributed by atoms with Gasteiger partial charge >= 0.3 is 0 Å². The van der Waals surface area contributed by atoms with Crippen LogP contribution in [0.3, 0.4) is 0 Å². The molecule has 1 unspecified atom stereocenters. The molecule has 1 saturated carbocycles. The van der Waals surface area contributed by atoms with Crippen molar-refractivity contribution in [2.75, 3.05) is 6.26 Å². The van der Waals surface area contributed by atoms with Crippen LogP contribution in [0.1, 0.15) is 58.3 Å². The molecule has 1 aliphatic rings. The van der Waals surface area contributed by atoms with E-state index in [-0.39, 0.29) is 5.92 Å². The molecular formula is C14H24O3S. The smallest absolute Gasteiger partial charge is 0.254 e. The first kappa shape index (κ1) is 15.5. The van der Waals surface area contributed by atoms with Crippen LogP contribution in [0.15, 0.2) is 0 Å². The van der Waals surface area contributed by atoms with E-state index in [2.05, 4.69) is 18.8 Å². The number of unbranched alkanes of at least 4 members (excludes halogenated alkanes) is 2. The summed E-state index contributed by atoms with van der Waals surface area (Å²) in [7, 11) is -3.42. The van der Waals surface area contributed by atoms with Crippen LogP contribution in [0.4, 0.5) is 0 Å². The third-order valence-electron chi connectivity index (χ3n) is 3.26. The van der Waals surface area contributed by atoms with Gasteiger partial charge in [0.2, 0.25) is 0 Å². The maximum atomic E-state index is 11.3. The minimum absolute atomic E-state index is 0.280. The second-order valence-corrected chi connectivity index (χ2v) is 6.64. The van der Waals surface area contributed by atoms with Gasteiger partial charge in [0, 0.05) is 6.42 Å². The van der Waals surface area contributed by atoms with Crippen molar-refractivity contribution in [1.82, 2.24) is 0 Å². The summed E-state index contributed by atoms with van der Waals surface area (Å²) >= 11 is 0. The Kier molecular flexibility index (Phi) is 6.73. The van der Waals surface area contributed by atoms with Crippen molar-refractivity contribution >= 4 is 10.1 Å². The van der Waals surface area contributed by atoms with Crippen LogP contribution < -0.4 is 0 Å². The zero-order valence-corrected chi connectivity index (χ0v) is 12.3. The Morgan fingerprint density at radius 1 is 1.28 bits per heavy atom. The van der Waals surface area contributed by atoms with Crippen LogP contribution in [0.25, 0.3) is 0 Å².